The summed E-state index contributed by atoms with van der Waals surface area (Å²) >= 11 is 0. The monoisotopic (exact) mass is 317 g/mol. The first kappa shape index (κ1) is 14.2. The van der Waals surface area contributed by atoms with Crippen molar-refractivity contribution in [1.29, 1.82) is 5.26 Å². The lowest BCUT2D eigenvalue weighted by Crippen LogP contribution is -2.20. The van der Waals surface area contributed by atoms with Gasteiger partial charge in [-0.3, -0.25) is 0 Å². The van der Waals surface area contributed by atoms with Crippen LogP contribution in [-0.2, 0) is 0 Å². The Morgan fingerprint density at radius 2 is 2.04 bits per heavy atom. The summed E-state index contributed by atoms with van der Waals surface area (Å²) in [6, 6.07) is 15.7. The van der Waals surface area contributed by atoms with Gasteiger partial charge < -0.3 is 5.32 Å². The maximum atomic E-state index is 14.2. The number of rotatable bonds is 2. The second kappa shape index (κ2) is 5.63. The number of halogens is 1. The molecule has 0 amide bonds. The van der Waals surface area contributed by atoms with Crippen LogP contribution in [0, 0.1) is 17.1 Å². The Morgan fingerprint density at radius 3 is 2.88 bits per heavy atom. The molecular formula is C18H12FN5. The molecular weight excluding hydrogens is 305 g/mol. The number of hydrogen-bond acceptors (Lipinski definition) is 4. The number of nitriles is 1. The average Bonchev–Trinajstić information content (AvgIpc) is 3.10. The van der Waals surface area contributed by atoms with Crippen LogP contribution in [0.5, 0.6) is 0 Å². The number of nitrogens with zero attached hydrogens (tertiary/aromatic N) is 4. The van der Waals surface area contributed by atoms with Gasteiger partial charge in [0.05, 0.1) is 11.6 Å². The van der Waals surface area contributed by atoms with Crippen LogP contribution in [0.4, 0.5) is 10.3 Å². The molecule has 1 N–H and O–H groups in total. The molecule has 1 aliphatic rings. The fourth-order valence-corrected chi connectivity index (χ4v) is 2.80. The van der Waals surface area contributed by atoms with Crippen molar-refractivity contribution in [2.24, 2.45) is 0 Å². The topological polar surface area (TPSA) is 66.5 Å². The third-order valence-corrected chi connectivity index (χ3v) is 3.93. The van der Waals surface area contributed by atoms with Crippen molar-refractivity contribution in [2.45, 2.75) is 6.04 Å². The van der Waals surface area contributed by atoms with E-state index in [1.54, 1.807) is 35.0 Å². The van der Waals surface area contributed by atoms with Crippen LogP contribution in [0.3, 0.4) is 0 Å². The van der Waals surface area contributed by atoms with E-state index in [0.29, 0.717) is 22.8 Å². The molecule has 0 spiro atoms. The van der Waals surface area contributed by atoms with Crippen LogP contribution in [0.25, 0.3) is 5.70 Å². The molecule has 0 unspecified atom stereocenters. The number of benzene rings is 2. The van der Waals surface area contributed by atoms with Crippen molar-refractivity contribution in [3.05, 3.63) is 83.4 Å². The van der Waals surface area contributed by atoms with Gasteiger partial charge in [-0.05, 0) is 35.9 Å². The zero-order chi connectivity index (χ0) is 16.5. The summed E-state index contributed by atoms with van der Waals surface area (Å²) in [5, 5.41) is 16.5. The standard InChI is InChI=1S/C18H12FN5/c19-15-7-2-1-6-14(15)16-9-17(24-18(23-16)21-11-22-24)13-5-3-4-12(8-13)10-20/h1-9,11,17H,(H,21,22,23)/t17-/m0/s1. The van der Waals surface area contributed by atoms with Crippen molar-refractivity contribution in [3.63, 3.8) is 0 Å². The van der Waals surface area contributed by atoms with Crippen LogP contribution in [0.1, 0.15) is 22.7 Å². The van der Waals surface area contributed by atoms with Gasteiger partial charge in [0.15, 0.2) is 0 Å². The van der Waals surface area contributed by atoms with E-state index in [2.05, 4.69) is 21.5 Å². The van der Waals surface area contributed by atoms with Crippen LogP contribution in [-0.4, -0.2) is 14.8 Å². The maximum absolute atomic E-state index is 14.2. The molecule has 2 heterocycles. The van der Waals surface area contributed by atoms with Gasteiger partial charge in [-0.1, -0.05) is 24.3 Å². The fraction of sp³-hybridized carbons (Fsp3) is 0.0556. The van der Waals surface area contributed by atoms with E-state index in [1.807, 2.05) is 18.2 Å². The van der Waals surface area contributed by atoms with E-state index < -0.39 is 0 Å². The third kappa shape index (κ3) is 2.32. The van der Waals surface area contributed by atoms with Crippen molar-refractivity contribution in [1.82, 2.24) is 14.8 Å². The second-order valence-electron chi connectivity index (χ2n) is 5.40. The van der Waals surface area contributed by atoms with Crippen molar-refractivity contribution < 1.29 is 4.39 Å². The molecule has 5 nitrogen and oxygen atoms in total. The number of nitrogens with one attached hydrogen (secondary N) is 1. The average molecular weight is 317 g/mol. The summed E-state index contributed by atoms with van der Waals surface area (Å²) in [4.78, 5) is 4.19. The second-order valence-corrected chi connectivity index (χ2v) is 5.40. The normalized spacial score (nSPS) is 15.8. The molecule has 0 aliphatic carbocycles. The summed E-state index contributed by atoms with van der Waals surface area (Å²) in [5.41, 5.74) is 2.54. The number of fused-ring (bicyclic) bond motifs is 1. The van der Waals surface area contributed by atoms with E-state index in [1.165, 1.54) is 12.4 Å². The molecule has 0 bridgehead atoms. The molecule has 0 fully saturated rings. The Balaban J connectivity index is 1.85. The maximum Gasteiger partial charge on any atom is 0.226 e. The van der Waals surface area contributed by atoms with Gasteiger partial charge in [0, 0.05) is 11.3 Å². The van der Waals surface area contributed by atoms with Gasteiger partial charge in [-0.25, -0.2) is 9.07 Å². The van der Waals surface area contributed by atoms with Gasteiger partial charge >= 0.3 is 0 Å². The van der Waals surface area contributed by atoms with Gasteiger partial charge in [-0.15, -0.1) is 0 Å². The Kier molecular flexibility index (Phi) is 3.32. The zero-order valence-electron chi connectivity index (χ0n) is 12.5. The Bertz CT molecular complexity index is 983. The highest BCUT2D eigenvalue weighted by Crippen LogP contribution is 2.32. The highest BCUT2D eigenvalue weighted by Gasteiger charge is 2.24. The van der Waals surface area contributed by atoms with E-state index >= 15 is 0 Å². The molecule has 116 valence electrons. The highest BCUT2D eigenvalue weighted by atomic mass is 19.1. The number of anilines is 1. The van der Waals surface area contributed by atoms with Gasteiger partial charge in [-0.2, -0.15) is 15.3 Å². The van der Waals surface area contributed by atoms with Gasteiger partial charge in [0.1, 0.15) is 18.2 Å². The minimum atomic E-state index is -0.311. The van der Waals surface area contributed by atoms with Crippen LogP contribution in [0.15, 0.2) is 60.9 Å². The van der Waals surface area contributed by atoms with E-state index in [0.717, 1.165) is 5.56 Å². The zero-order valence-corrected chi connectivity index (χ0v) is 12.5. The molecule has 1 atom stereocenters. The SMILES string of the molecule is N#Cc1cccc([C@@H]2C=C(c3ccccc3F)Nc3ncnn32)c1. The molecule has 0 saturated carbocycles. The van der Waals surface area contributed by atoms with E-state index in [4.69, 9.17) is 5.26 Å². The molecule has 3 aromatic rings. The molecule has 4 rings (SSSR count). The molecule has 0 saturated heterocycles. The summed E-state index contributed by atoms with van der Waals surface area (Å²) in [6.45, 7) is 0. The van der Waals surface area contributed by atoms with Crippen molar-refractivity contribution in [3.8, 4) is 6.07 Å². The summed E-state index contributed by atoms with van der Waals surface area (Å²) in [5.74, 6) is 0.219. The Labute approximate surface area is 137 Å². The van der Waals surface area contributed by atoms with Crippen LogP contribution in [0.2, 0.25) is 0 Å². The molecule has 24 heavy (non-hydrogen) atoms. The number of hydrogen-bond donors (Lipinski definition) is 1. The Morgan fingerprint density at radius 1 is 1.17 bits per heavy atom. The first-order valence-electron chi connectivity index (χ1n) is 7.39. The molecule has 0 radical (unpaired) electrons. The lowest BCUT2D eigenvalue weighted by Gasteiger charge is -2.24. The van der Waals surface area contributed by atoms with Crippen LogP contribution < -0.4 is 5.32 Å². The third-order valence-electron chi connectivity index (χ3n) is 3.93. The Hall–Kier alpha value is -3.46. The minimum Gasteiger partial charge on any atom is -0.324 e. The molecule has 6 heteroatoms. The highest BCUT2D eigenvalue weighted by molar-refractivity contribution is 5.77. The largest absolute Gasteiger partial charge is 0.324 e. The molecule has 2 aromatic carbocycles. The lowest BCUT2D eigenvalue weighted by atomic mass is 10.00. The van der Waals surface area contributed by atoms with Crippen molar-refractivity contribution in [2.75, 3.05) is 5.32 Å². The first-order chi connectivity index (χ1) is 11.8. The summed E-state index contributed by atoms with van der Waals surface area (Å²) in [6.07, 6.45) is 3.33. The van der Waals surface area contributed by atoms with Gasteiger partial charge in [0.2, 0.25) is 5.95 Å². The lowest BCUT2D eigenvalue weighted by molar-refractivity contribution is 0.606. The number of aromatic nitrogens is 3. The first-order valence-corrected chi connectivity index (χ1v) is 7.39. The smallest absolute Gasteiger partial charge is 0.226 e. The summed E-state index contributed by atoms with van der Waals surface area (Å²) in [7, 11) is 0. The van der Waals surface area contributed by atoms with Crippen molar-refractivity contribution >= 4 is 11.6 Å². The molecule has 1 aliphatic heterocycles. The number of allylic oxidation sites excluding steroid dienone is 1. The fourth-order valence-electron chi connectivity index (χ4n) is 2.80. The van der Waals surface area contributed by atoms with Crippen LogP contribution >= 0.6 is 0 Å². The minimum absolute atomic E-state index is 0.272. The quantitative estimate of drug-likeness (QED) is 0.787. The predicted molar refractivity (Wildman–Crippen MR) is 87.3 cm³/mol. The molecule has 1 aromatic heterocycles. The summed E-state index contributed by atoms with van der Waals surface area (Å²) < 4.78 is 15.9. The predicted octanol–water partition coefficient (Wildman–Crippen LogP) is 3.34. The van der Waals surface area contributed by atoms with E-state index in [9.17, 15) is 4.39 Å². The van der Waals surface area contributed by atoms with E-state index in [-0.39, 0.29) is 11.9 Å². The van der Waals surface area contributed by atoms with Gasteiger partial charge in [0.25, 0.3) is 0 Å².